The van der Waals surface area contributed by atoms with Crippen molar-refractivity contribution in [3.63, 3.8) is 0 Å². The molecule has 0 saturated heterocycles. The predicted molar refractivity (Wildman–Crippen MR) is 128 cm³/mol. The molecular formula is C21H20BrN7OS. The first kappa shape index (κ1) is 21.3. The quantitative estimate of drug-likeness (QED) is 0.299. The molecule has 2 aromatic carbocycles. The summed E-state index contributed by atoms with van der Waals surface area (Å²) in [4.78, 5) is 30.5. The number of nitrogens with one attached hydrogen (secondary N) is 1. The average molecular weight is 498 g/mol. The molecule has 0 amide bonds. The smallest absolute Gasteiger partial charge is 0.262 e. The summed E-state index contributed by atoms with van der Waals surface area (Å²) in [5.74, 6) is 1.40. The molecule has 3 N–H and O–H groups in total. The van der Waals surface area contributed by atoms with E-state index in [1.54, 1.807) is 10.6 Å². The summed E-state index contributed by atoms with van der Waals surface area (Å²) in [7, 11) is 0. The number of aromatic nitrogens is 5. The third kappa shape index (κ3) is 4.70. The van der Waals surface area contributed by atoms with Crippen molar-refractivity contribution in [2.24, 2.45) is 0 Å². The maximum Gasteiger partial charge on any atom is 0.262 e. The van der Waals surface area contributed by atoms with Crippen LogP contribution < -0.4 is 16.6 Å². The Balaban J connectivity index is 1.61. The summed E-state index contributed by atoms with van der Waals surface area (Å²) in [6.45, 7) is 4.43. The van der Waals surface area contributed by atoms with Crippen LogP contribution in [0.25, 0.3) is 10.9 Å². The fourth-order valence-electron chi connectivity index (χ4n) is 3.08. The molecule has 0 atom stereocenters. The van der Waals surface area contributed by atoms with E-state index in [0.29, 0.717) is 40.1 Å². The van der Waals surface area contributed by atoms with Crippen LogP contribution in [0.2, 0.25) is 0 Å². The number of rotatable bonds is 6. The monoisotopic (exact) mass is 497 g/mol. The molecule has 4 rings (SSSR count). The number of benzene rings is 2. The van der Waals surface area contributed by atoms with Gasteiger partial charge in [0.2, 0.25) is 11.9 Å². The van der Waals surface area contributed by atoms with E-state index >= 15 is 0 Å². The second kappa shape index (κ2) is 9.03. The molecule has 2 heterocycles. The summed E-state index contributed by atoms with van der Waals surface area (Å²) in [6.07, 6.45) is 0. The van der Waals surface area contributed by atoms with Crippen molar-refractivity contribution in [3.8, 4) is 0 Å². The number of nitrogens with zero attached hydrogens (tertiary/aromatic N) is 5. The first-order valence-electron chi connectivity index (χ1n) is 9.60. The lowest BCUT2D eigenvalue weighted by molar-refractivity contribution is 0.634. The largest absolute Gasteiger partial charge is 0.368 e. The Morgan fingerprint density at radius 3 is 2.71 bits per heavy atom. The van der Waals surface area contributed by atoms with Crippen molar-refractivity contribution in [1.82, 2.24) is 24.5 Å². The van der Waals surface area contributed by atoms with Crippen LogP contribution in [-0.4, -0.2) is 24.5 Å². The van der Waals surface area contributed by atoms with E-state index in [9.17, 15) is 4.79 Å². The molecule has 0 aliphatic heterocycles. The number of hydrogen-bond donors (Lipinski definition) is 2. The van der Waals surface area contributed by atoms with Gasteiger partial charge in [0, 0.05) is 16.7 Å². The molecule has 0 saturated carbocycles. The van der Waals surface area contributed by atoms with E-state index in [4.69, 9.17) is 5.73 Å². The highest BCUT2D eigenvalue weighted by molar-refractivity contribution is 9.10. The van der Waals surface area contributed by atoms with E-state index in [2.05, 4.69) is 41.2 Å². The summed E-state index contributed by atoms with van der Waals surface area (Å²) in [5, 5.41) is 4.37. The number of para-hydroxylation sites is 1. The third-order valence-electron chi connectivity index (χ3n) is 4.62. The molecule has 0 spiro atoms. The number of hydrogen-bond acceptors (Lipinski definition) is 8. The van der Waals surface area contributed by atoms with Gasteiger partial charge in [0.15, 0.2) is 5.16 Å². The molecule has 0 aliphatic carbocycles. The molecule has 2 aromatic heterocycles. The van der Waals surface area contributed by atoms with Gasteiger partial charge in [-0.1, -0.05) is 45.9 Å². The Bertz CT molecular complexity index is 1330. The predicted octanol–water partition coefficient (Wildman–Crippen LogP) is 4.29. The molecule has 0 radical (unpaired) electrons. The van der Waals surface area contributed by atoms with Gasteiger partial charge in [0.25, 0.3) is 5.56 Å². The Hall–Kier alpha value is -2.98. The van der Waals surface area contributed by atoms with Crippen molar-refractivity contribution < 1.29 is 0 Å². The standard InChI is InChI=1S/C21H20BrN7OS/c1-3-29-18(30)14-10-13(22)8-9-16(14)25-21(29)31-11-17-26-19(23)28-20(27-17)24-15-7-5-4-6-12(15)2/h4-10H,3,11H2,1-2H3,(H3,23,24,26,27,28). The minimum Gasteiger partial charge on any atom is -0.368 e. The van der Waals surface area contributed by atoms with E-state index < -0.39 is 0 Å². The van der Waals surface area contributed by atoms with Crippen LogP contribution in [0.4, 0.5) is 17.6 Å². The first-order valence-corrected chi connectivity index (χ1v) is 11.4. The molecule has 31 heavy (non-hydrogen) atoms. The van der Waals surface area contributed by atoms with Crippen molar-refractivity contribution in [2.45, 2.75) is 31.3 Å². The Kier molecular flexibility index (Phi) is 6.19. The SMILES string of the molecule is CCn1c(SCc2nc(N)nc(Nc3ccccc3C)n2)nc2ccc(Br)cc2c1=O. The topological polar surface area (TPSA) is 112 Å². The van der Waals surface area contributed by atoms with Crippen molar-refractivity contribution >= 4 is 56.2 Å². The zero-order valence-corrected chi connectivity index (χ0v) is 19.4. The van der Waals surface area contributed by atoms with Crippen molar-refractivity contribution in [3.05, 3.63) is 68.7 Å². The maximum absolute atomic E-state index is 12.9. The van der Waals surface area contributed by atoms with Gasteiger partial charge in [-0.2, -0.15) is 15.0 Å². The number of thioether (sulfide) groups is 1. The van der Waals surface area contributed by atoms with Gasteiger partial charge in [0.1, 0.15) is 5.82 Å². The van der Waals surface area contributed by atoms with Crippen molar-refractivity contribution in [2.75, 3.05) is 11.1 Å². The van der Waals surface area contributed by atoms with Crippen LogP contribution in [0, 0.1) is 6.92 Å². The minimum atomic E-state index is -0.0756. The van der Waals surface area contributed by atoms with Crippen molar-refractivity contribution in [1.29, 1.82) is 0 Å². The van der Waals surface area contributed by atoms with E-state index in [0.717, 1.165) is 15.7 Å². The molecule has 0 bridgehead atoms. The van der Waals surface area contributed by atoms with Crippen LogP contribution in [0.15, 0.2) is 56.9 Å². The van der Waals surface area contributed by atoms with Gasteiger partial charge in [0.05, 0.1) is 16.7 Å². The van der Waals surface area contributed by atoms with Gasteiger partial charge < -0.3 is 11.1 Å². The Labute approximate surface area is 191 Å². The van der Waals surface area contributed by atoms with Crippen LogP contribution in [-0.2, 0) is 12.3 Å². The lowest BCUT2D eigenvalue weighted by Gasteiger charge is -2.12. The zero-order chi connectivity index (χ0) is 22.0. The van der Waals surface area contributed by atoms with Crippen LogP contribution in [0.3, 0.4) is 0 Å². The second-order valence-electron chi connectivity index (χ2n) is 6.77. The lowest BCUT2D eigenvalue weighted by Crippen LogP contribution is -2.22. The molecule has 4 aromatic rings. The summed E-state index contributed by atoms with van der Waals surface area (Å²) >= 11 is 4.80. The average Bonchev–Trinajstić information content (AvgIpc) is 2.74. The maximum atomic E-state index is 12.9. The molecule has 158 valence electrons. The van der Waals surface area contributed by atoms with Crippen LogP contribution in [0.5, 0.6) is 0 Å². The third-order valence-corrected chi connectivity index (χ3v) is 6.08. The van der Waals surface area contributed by atoms with Gasteiger partial charge in [-0.25, -0.2) is 4.98 Å². The van der Waals surface area contributed by atoms with Gasteiger partial charge in [-0.15, -0.1) is 0 Å². The van der Waals surface area contributed by atoms with Crippen LogP contribution in [0.1, 0.15) is 18.3 Å². The van der Waals surface area contributed by atoms with E-state index in [1.165, 1.54) is 11.8 Å². The van der Waals surface area contributed by atoms with Gasteiger partial charge in [-0.05, 0) is 43.7 Å². The number of aryl methyl sites for hydroxylation is 1. The number of halogens is 1. The highest BCUT2D eigenvalue weighted by atomic mass is 79.9. The lowest BCUT2D eigenvalue weighted by atomic mass is 10.2. The molecule has 10 heteroatoms. The zero-order valence-electron chi connectivity index (χ0n) is 17.0. The van der Waals surface area contributed by atoms with Crippen LogP contribution >= 0.6 is 27.7 Å². The summed E-state index contributed by atoms with van der Waals surface area (Å²) in [6, 6.07) is 13.3. The Morgan fingerprint density at radius 2 is 1.94 bits per heavy atom. The second-order valence-corrected chi connectivity index (χ2v) is 8.63. The number of nitrogen functional groups attached to an aromatic ring is 1. The highest BCUT2D eigenvalue weighted by Gasteiger charge is 2.13. The molecular weight excluding hydrogens is 478 g/mol. The fourth-order valence-corrected chi connectivity index (χ4v) is 4.36. The normalized spacial score (nSPS) is 11.1. The fraction of sp³-hybridized carbons (Fsp3) is 0.190. The molecule has 0 fully saturated rings. The van der Waals surface area contributed by atoms with E-state index in [-0.39, 0.29) is 11.5 Å². The Morgan fingerprint density at radius 1 is 1.13 bits per heavy atom. The molecule has 0 unspecified atom stereocenters. The number of fused-ring (bicyclic) bond motifs is 1. The number of anilines is 3. The number of nitrogens with two attached hydrogens (primary N) is 1. The highest BCUT2D eigenvalue weighted by Crippen LogP contribution is 2.24. The van der Waals surface area contributed by atoms with E-state index in [1.807, 2.05) is 50.2 Å². The van der Waals surface area contributed by atoms with Gasteiger partial charge in [-0.3, -0.25) is 9.36 Å². The summed E-state index contributed by atoms with van der Waals surface area (Å²) in [5.41, 5.74) is 8.44. The van der Waals surface area contributed by atoms with Gasteiger partial charge >= 0.3 is 0 Å². The molecule has 8 nitrogen and oxygen atoms in total. The first-order chi connectivity index (χ1) is 14.9. The minimum absolute atomic E-state index is 0.0756. The molecule has 0 aliphatic rings. The summed E-state index contributed by atoms with van der Waals surface area (Å²) < 4.78 is 2.49.